The Morgan fingerprint density at radius 1 is 0.769 bits per heavy atom. The molecule has 1 aromatic heterocycles. The van der Waals surface area contributed by atoms with Crippen molar-refractivity contribution < 1.29 is 83.9 Å². The Morgan fingerprint density at radius 3 is 2.12 bits per heavy atom. The number of phenols is 1. The molecule has 1 aliphatic heterocycles. The van der Waals surface area contributed by atoms with Gasteiger partial charge in [0, 0.05) is 23.6 Å². The Bertz CT molecular complexity index is 1700. The van der Waals surface area contributed by atoms with Crippen LogP contribution in [0.5, 0.6) is 28.7 Å². The predicted octanol–water partition coefficient (Wildman–Crippen LogP) is -2.03. The van der Waals surface area contributed by atoms with Crippen LogP contribution in [0.1, 0.15) is 13.3 Å². The Balaban J connectivity index is 1.53. The zero-order chi connectivity index (χ0) is 37.7. The molecule has 0 amide bonds. The molecule has 0 radical (unpaired) electrons. The highest BCUT2D eigenvalue weighted by Gasteiger charge is 2.47. The summed E-state index contributed by atoms with van der Waals surface area (Å²) in [7, 11) is 0. The van der Waals surface area contributed by atoms with Crippen LogP contribution in [0.3, 0.4) is 0 Å². The summed E-state index contributed by atoms with van der Waals surface area (Å²) in [6, 6.07) is 6.76. The molecular weight excluding hydrogens is 696 g/mol. The van der Waals surface area contributed by atoms with E-state index in [1.165, 1.54) is 31.2 Å². The van der Waals surface area contributed by atoms with Crippen molar-refractivity contribution in [3.05, 3.63) is 40.6 Å². The van der Waals surface area contributed by atoms with Crippen molar-refractivity contribution >= 4 is 11.0 Å². The minimum atomic E-state index is -1.81. The molecule has 0 bridgehead atoms. The van der Waals surface area contributed by atoms with Crippen LogP contribution in [0.15, 0.2) is 39.5 Å². The Hall–Kier alpha value is -3.79. The van der Waals surface area contributed by atoms with Crippen LogP contribution >= 0.6 is 0 Å². The quantitative estimate of drug-likeness (QED) is 0.0804. The van der Waals surface area contributed by atoms with Crippen molar-refractivity contribution in [3.8, 4) is 40.1 Å². The topological polar surface area (TPSA) is 288 Å². The van der Waals surface area contributed by atoms with E-state index in [0.717, 1.165) is 6.07 Å². The van der Waals surface area contributed by atoms with E-state index in [4.69, 9.17) is 32.8 Å². The standard InChI is InChI=1S/C34H44O18/c1-15-25(39)29(43)31(45)34(50-15)49-14-17-11-23(27(41)30(44)26(17)40)52-33-28(42)24-19(38)12-18(46-7-4-35)13-22(24)51-32(33)16-2-3-20(47-8-5-36)21(10-16)48-9-6-37/h2-3,10,12-13,15,17,23,25-27,29-31,34-41,43-45H,4-9,11,14H2,1H3. The van der Waals surface area contributed by atoms with Gasteiger partial charge >= 0.3 is 0 Å². The highest BCUT2D eigenvalue weighted by molar-refractivity contribution is 5.88. The van der Waals surface area contributed by atoms with Crippen LogP contribution in [0, 0.1) is 5.92 Å². The van der Waals surface area contributed by atoms with Crippen molar-refractivity contribution in [1.29, 1.82) is 0 Å². The number of phenolic OH excluding ortho intramolecular Hbond substituents is 1. The fourth-order valence-corrected chi connectivity index (χ4v) is 6.08. The smallest absolute Gasteiger partial charge is 0.239 e. The number of ether oxygens (including phenoxy) is 6. The minimum absolute atomic E-state index is 0.0627. The lowest BCUT2D eigenvalue weighted by atomic mass is 9.81. The first-order chi connectivity index (χ1) is 24.9. The first-order valence-electron chi connectivity index (χ1n) is 16.6. The first kappa shape index (κ1) is 39.4. The molecule has 2 fully saturated rings. The number of benzene rings is 2. The van der Waals surface area contributed by atoms with E-state index in [9.17, 15) is 55.9 Å². The van der Waals surface area contributed by atoms with Crippen LogP contribution < -0.4 is 24.4 Å². The summed E-state index contributed by atoms with van der Waals surface area (Å²) in [6.07, 6.45) is -13.7. The SMILES string of the molecule is CC1OC(OCC2CC(Oc3c(-c4ccc(OCCO)c(OCCO)c4)oc4cc(OCCO)cc(O)c4c3=O)C(O)C(O)C2O)C(O)C(O)C1O. The molecule has 1 saturated heterocycles. The molecule has 18 nitrogen and oxygen atoms in total. The van der Waals surface area contributed by atoms with Crippen LogP contribution in [0.25, 0.3) is 22.3 Å². The van der Waals surface area contributed by atoms with Crippen LogP contribution in [0.4, 0.5) is 0 Å². The molecule has 52 heavy (non-hydrogen) atoms. The second-order valence-corrected chi connectivity index (χ2v) is 12.4. The molecule has 10 atom stereocenters. The van der Waals surface area contributed by atoms with Crippen LogP contribution in [-0.4, -0.2) is 152 Å². The normalized spacial score (nSPS) is 29.2. The summed E-state index contributed by atoms with van der Waals surface area (Å²) in [5, 5.41) is 102. The largest absolute Gasteiger partial charge is 0.507 e. The molecule has 2 aromatic carbocycles. The lowest BCUT2D eigenvalue weighted by molar-refractivity contribution is -0.299. The molecule has 0 spiro atoms. The molecule has 1 saturated carbocycles. The third-order valence-corrected chi connectivity index (χ3v) is 8.82. The second kappa shape index (κ2) is 17.4. The highest BCUT2D eigenvalue weighted by atomic mass is 16.7. The van der Waals surface area contributed by atoms with Crippen LogP contribution in [0.2, 0.25) is 0 Å². The van der Waals surface area contributed by atoms with E-state index in [1.807, 2.05) is 0 Å². The summed E-state index contributed by atoms with van der Waals surface area (Å²) in [5.74, 6) is -1.98. The first-order valence-corrected chi connectivity index (χ1v) is 16.6. The molecule has 5 rings (SSSR count). The van der Waals surface area contributed by atoms with Crippen molar-refractivity contribution in [2.75, 3.05) is 46.2 Å². The molecule has 288 valence electrons. The second-order valence-electron chi connectivity index (χ2n) is 12.4. The number of hydrogen-bond donors (Lipinski definition) is 10. The van der Waals surface area contributed by atoms with E-state index in [1.54, 1.807) is 0 Å². The van der Waals surface area contributed by atoms with Gasteiger partial charge in [-0.15, -0.1) is 0 Å². The average molecular weight is 741 g/mol. The zero-order valence-corrected chi connectivity index (χ0v) is 28.1. The van der Waals surface area contributed by atoms with Crippen molar-refractivity contribution in [3.63, 3.8) is 0 Å². The van der Waals surface area contributed by atoms with Crippen molar-refractivity contribution in [1.82, 2.24) is 0 Å². The Labute approximate surface area is 296 Å². The van der Waals surface area contributed by atoms with Gasteiger partial charge < -0.3 is 83.9 Å². The van der Waals surface area contributed by atoms with Gasteiger partial charge in [-0.2, -0.15) is 0 Å². The summed E-state index contributed by atoms with van der Waals surface area (Å²) in [5.41, 5.74) is -0.900. The summed E-state index contributed by atoms with van der Waals surface area (Å²) in [6.45, 7) is -0.297. The van der Waals surface area contributed by atoms with E-state index >= 15 is 0 Å². The molecule has 10 N–H and O–H groups in total. The molecule has 2 aliphatic rings. The molecule has 1 aliphatic carbocycles. The third-order valence-electron chi connectivity index (χ3n) is 8.82. The fourth-order valence-electron chi connectivity index (χ4n) is 6.08. The molecule has 3 aromatic rings. The van der Waals surface area contributed by atoms with Gasteiger partial charge in [-0.3, -0.25) is 4.79 Å². The maximum atomic E-state index is 14.1. The maximum Gasteiger partial charge on any atom is 0.239 e. The minimum Gasteiger partial charge on any atom is -0.507 e. The molecule has 2 heterocycles. The number of rotatable bonds is 15. The van der Waals surface area contributed by atoms with E-state index in [-0.39, 0.29) is 92.2 Å². The average Bonchev–Trinajstić information content (AvgIpc) is 3.13. The Morgan fingerprint density at radius 2 is 1.42 bits per heavy atom. The van der Waals surface area contributed by atoms with Gasteiger partial charge in [0.25, 0.3) is 0 Å². The van der Waals surface area contributed by atoms with Gasteiger partial charge in [-0.25, -0.2) is 0 Å². The lowest BCUT2D eigenvalue weighted by Crippen LogP contribution is -2.59. The van der Waals surface area contributed by atoms with Gasteiger partial charge in [-0.1, -0.05) is 0 Å². The molecular formula is C34H44O18. The van der Waals surface area contributed by atoms with Crippen LogP contribution in [-0.2, 0) is 9.47 Å². The van der Waals surface area contributed by atoms with E-state index in [0.29, 0.717) is 0 Å². The molecule has 10 unspecified atom stereocenters. The predicted molar refractivity (Wildman–Crippen MR) is 176 cm³/mol. The number of aromatic hydroxyl groups is 1. The number of aliphatic hydroxyl groups is 9. The maximum absolute atomic E-state index is 14.1. The van der Waals surface area contributed by atoms with Gasteiger partial charge in [-0.05, 0) is 31.5 Å². The van der Waals surface area contributed by atoms with E-state index < -0.39 is 78.0 Å². The van der Waals surface area contributed by atoms with E-state index in [2.05, 4.69) is 0 Å². The highest BCUT2D eigenvalue weighted by Crippen LogP contribution is 2.41. The zero-order valence-electron chi connectivity index (χ0n) is 28.1. The number of hydrogen-bond acceptors (Lipinski definition) is 18. The number of aliphatic hydroxyl groups excluding tert-OH is 9. The summed E-state index contributed by atoms with van der Waals surface area (Å²) < 4.78 is 39.9. The monoisotopic (exact) mass is 740 g/mol. The summed E-state index contributed by atoms with van der Waals surface area (Å²) >= 11 is 0. The van der Waals surface area contributed by atoms with Gasteiger partial charge in [0.2, 0.25) is 11.2 Å². The van der Waals surface area contributed by atoms with Gasteiger partial charge in [0.1, 0.15) is 78.9 Å². The molecule has 18 heteroatoms. The summed E-state index contributed by atoms with van der Waals surface area (Å²) in [4.78, 5) is 14.1. The fraction of sp³-hybridized carbons (Fsp3) is 0.559. The lowest BCUT2D eigenvalue weighted by Gasteiger charge is -2.42. The van der Waals surface area contributed by atoms with Crippen molar-refractivity contribution in [2.45, 2.75) is 68.5 Å². The third kappa shape index (κ3) is 8.37. The van der Waals surface area contributed by atoms with Gasteiger partial charge in [0.05, 0.1) is 38.6 Å². The van der Waals surface area contributed by atoms with Crippen molar-refractivity contribution in [2.24, 2.45) is 5.92 Å². The number of fused-ring (bicyclic) bond motifs is 1. The van der Waals surface area contributed by atoms with Gasteiger partial charge in [0.15, 0.2) is 23.5 Å². The Kier molecular flexibility index (Phi) is 13.2.